The van der Waals surface area contributed by atoms with Crippen molar-refractivity contribution in [2.75, 3.05) is 5.73 Å². The fourth-order valence-electron chi connectivity index (χ4n) is 0.951. The van der Waals surface area contributed by atoms with Crippen molar-refractivity contribution in [2.24, 2.45) is 0 Å². The van der Waals surface area contributed by atoms with Crippen LogP contribution in [0.5, 0.6) is 0 Å². The van der Waals surface area contributed by atoms with Crippen LogP contribution < -0.4 is 5.73 Å². The van der Waals surface area contributed by atoms with Gasteiger partial charge in [-0.3, -0.25) is 0 Å². The van der Waals surface area contributed by atoms with E-state index in [1.807, 2.05) is 18.2 Å². The molecule has 2 aromatic rings. The molecular weight excluding hydrogens is 176 g/mol. The molecule has 0 aliphatic carbocycles. The van der Waals surface area contributed by atoms with Crippen molar-refractivity contribution in [2.45, 2.75) is 4.90 Å². The first-order chi connectivity index (χ1) is 5.27. The second kappa shape index (κ2) is 2.39. The molecule has 2 nitrogen and oxygen atoms in total. The van der Waals surface area contributed by atoms with Crippen LogP contribution in [-0.2, 0) is 0 Å². The highest BCUT2D eigenvalue weighted by Crippen LogP contribution is 2.27. The van der Waals surface area contributed by atoms with Crippen molar-refractivity contribution in [3.05, 3.63) is 18.2 Å². The maximum Gasteiger partial charge on any atom is 0.181 e. The molecule has 0 bridgehead atoms. The van der Waals surface area contributed by atoms with Gasteiger partial charge in [-0.15, -0.1) is 12.6 Å². The maximum absolute atomic E-state index is 5.53. The van der Waals surface area contributed by atoms with Gasteiger partial charge >= 0.3 is 0 Å². The molecular formula is C7H6N2S2. The number of benzene rings is 1. The van der Waals surface area contributed by atoms with Gasteiger partial charge in [-0.2, -0.15) is 0 Å². The molecule has 1 aromatic carbocycles. The third-order valence-corrected chi connectivity index (χ3v) is 2.62. The Morgan fingerprint density at radius 3 is 3.00 bits per heavy atom. The van der Waals surface area contributed by atoms with Gasteiger partial charge in [0, 0.05) is 4.90 Å². The van der Waals surface area contributed by atoms with Crippen LogP contribution in [0.25, 0.3) is 10.2 Å². The molecule has 2 rings (SSSR count). The fraction of sp³-hybridized carbons (Fsp3) is 0. The number of nitrogens with zero attached hydrogens (tertiary/aromatic N) is 1. The van der Waals surface area contributed by atoms with E-state index in [-0.39, 0.29) is 0 Å². The normalized spacial score (nSPS) is 10.6. The summed E-state index contributed by atoms with van der Waals surface area (Å²) in [6.45, 7) is 0. The highest BCUT2D eigenvalue weighted by Gasteiger charge is 2.01. The van der Waals surface area contributed by atoms with Crippen LogP contribution in [0, 0.1) is 0 Å². The zero-order valence-corrected chi connectivity index (χ0v) is 7.32. The smallest absolute Gasteiger partial charge is 0.181 e. The molecule has 0 radical (unpaired) electrons. The molecule has 1 aromatic heterocycles. The van der Waals surface area contributed by atoms with E-state index in [4.69, 9.17) is 5.73 Å². The Morgan fingerprint density at radius 1 is 1.45 bits per heavy atom. The van der Waals surface area contributed by atoms with E-state index in [1.54, 1.807) is 0 Å². The fourth-order valence-corrected chi connectivity index (χ4v) is 2.04. The van der Waals surface area contributed by atoms with E-state index in [9.17, 15) is 0 Å². The highest BCUT2D eigenvalue weighted by atomic mass is 32.1. The molecule has 0 fully saturated rings. The van der Waals surface area contributed by atoms with Crippen LogP contribution >= 0.6 is 24.0 Å². The Labute approximate surface area is 73.5 Å². The van der Waals surface area contributed by atoms with E-state index in [0.29, 0.717) is 5.13 Å². The van der Waals surface area contributed by atoms with Crippen molar-refractivity contribution < 1.29 is 0 Å². The minimum Gasteiger partial charge on any atom is -0.375 e. The lowest BCUT2D eigenvalue weighted by Crippen LogP contribution is -1.79. The molecule has 0 amide bonds. The summed E-state index contributed by atoms with van der Waals surface area (Å²) in [7, 11) is 0. The summed E-state index contributed by atoms with van der Waals surface area (Å²) in [6.07, 6.45) is 0. The Kier molecular flexibility index (Phi) is 1.51. The van der Waals surface area contributed by atoms with Gasteiger partial charge in [0.25, 0.3) is 0 Å². The van der Waals surface area contributed by atoms with Crippen LogP contribution in [-0.4, -0.2) is 4.98 Å². The first kappa shape index (κ1) is 6.94. The number of fused-ring (bicyclic) bond motifs is 1. The van der Waals surface area contributed by atoms with Crippen LogP contribution in [0.15, 0.2) is 23.1 Å². The Hall–Kier alpha value is -0.740. The first-order valence-electron chi connectivity index (χ1n) is 3.11. The first-order valence-corrected chi connectivity index (χ1v) is 4.38. The van der Waals surface area contributed by atoms with Crippen molar-refractivity contribution in [3.8, 4) is 0 Å². The van der Waals surface area contributed by atoms with Crippen molar-refractivity contribution in [1.82, 2.24) is 4.98 Å². The molecule has 0 unspecified atom stereocenters. The van der Waals surface area contributed by atoms with E-state index < -0.39 is 0 Å². The summed E-state index contributed by atoms with van der Waals surface area (Å²) in [5, 5.41) is 0.599. The number of para-hydroxylation sites is 1. The molecule has 1 heterocycles. The van der Waals surface area contributed by atoms with E-state index in [2.05, 4.69) is 17.6 Å². The standard InChI is InChI=1S/C7H6N2S2/c8-7-9-6-4(10)2-1-3-5(6)11-7/h1-3,10H,(H2,8,9). The average molecular weight is 182 g/mol. The second-order valence-electron chi connectivity index (χ2n) is 2.18. The predicted octanol–water partition coefficient (Wildman–Crippen LogP) is 2.17. The van der Waals surface area contributed by atoms with Crippen molar-refractivity contribution >= 4 is 39.3 Å². The maximum atomic E-state index is 5.53. The SMILES string of the molecule is Nc1nc2c(S)cccc2s1. The highest BCUT2D eigenvalue weighted by molar-refractivity contribution is 7.80. The quantitative estimate of drug-likeness (QED) is 0.613. The number of nitrogen functional groups attached to an aromatic ring is 1. The number of thiol groups is 1. The van der Waals surface area contributed by atoms with E-state index >= 15 is 0 Å². The summed E-state index contributed by atoms with van der Waals surface area (Å²) in [5.41, 5.74) is 6.43. The monoisotopic (exact) mass is 182 g/mol. The van der Waals surface area contributed by atoms with Crippen LogP contribution in [0.4, 0.5) is 5.13 Å². The number of hydrogen-bond acceptors (Lipinski definition) is 4. The number of rotatable bonds is 0. The summed E-state index contributed by atoms with van der Waals surface area (Å²) in [4.78, 5) is 5.02. The van der Waals surface area contributed by atoms with Gasteiger partial charge in [0.15, 0.2) is 5.13 Å². The molecule has 0 spiro atoms. The predicted molar refractivity (Wildman–Crippen MR) is 51.3 cm³/mol. The molecule has 11 heavy (non-hydrogen) atoms. The van der Waals surface area contributed by atoms with Gasteiger partial charge in [0.05, 0.1) is 10.2 Å². The topological polar surface area (TPSA) is 38.9 Å². The molecule has 0 saturated carbocycles. The van der Waals surface area contributed by atoms with Crippen LogP contribution in [0.1, 0.15) is 0 Å². The largest absolute Gasteiger partial charge is 0.375 e. The number of hydrogen-bond donors (Lipinski definition) is 2. The van der Waals surface area contributed by atoms with Gasteiger partial charge < -0.3 is 5.73 Å². The summed E-state index contributed by atoms with van der Waals surface area (Å²) >= 11 is 5.74. The second-order valence-corrected chi connectivity index (χ2v) is 3.72. The lowest BCUT2D eigenvalue weighted by atomic mass is 10.3. The van der Waals surface area contributed by atoms with E-state index in [1.165, 1.54) is 11.3 Å². The van der Waals surface area contributed by atoms with Crippen molar-refractivity contribution in [1.29, 1.82) is 0 Å². The molecule has 56 valence electrons. The van der Waals surface area contributed by atoms with Crippen LogP contribution in [0.2, 0.25) is 0 Å². The molecule has 0 atom stereocenters. The number of thiazole rings is 1. The minimum absolute atomic E-state index is 0.599. The van der Waals surface area contributed by atoms with E-state index in [0.717, 1.165) is 15.1 Å². The minimum atomic E-state index is 0.599. The number of anilines is 1. The Bertz CT molecular complexity index is 394. The lowest BCUT2D eigenvalue weighted by Gasteiger charge is -1.89. The Morgan fingerprint density at radius 2 is 2.27 bits per heavy atom. The summed E-state index contributed by atoms with van der Waals surface area (Å²) < 4.78 is 1.09. The molecule has 4 heteroatoms. The molecule has 0 aliphatic heterocycles. The number of aromatic nitrogens is 1. The lowest BCUT2D eigenvalue weighted by molar-refractivity contribution is 1.42. The summed E-state index contributed by atoms with van der Waals surface area (Å²) in [5.74, 6) is 0. The van der Waals surface area contributed by atoms with Gasteiger partial charge in [0.1, 0.15) is 0 Å². The van der Waals surface area contributed by atoms with Gasteiger partial charge in [-0.05, 0) is 12.1 Å². The third kappa shape index (κ3) is 1.08. The Balaban J connectivity index is 2.90. The van der Waals surface area contributed by atoms with Crippen LogP contribution in [0.3, 0.4) is 0 Å². The molecule has 0 aliphatic rings. The molecule has 0 saturated heterocycles. The third-order valence-electron chi connectivity index (χ3n) is 1.41. The zero-order chi connectivity index (χ0) is 7.84. The average Bonchev–Trinajstić information content (AvgIpc) is 2.31. The van der Waals surface area contributed by atoms with Gasteiger partial charge in [0.2, 0.25) is 0 Å². The van der Waals surface area contributed by atoms with Crippen molar-refractivity contribution in [3.63, 3.8) is 0 Å². The number of nitrogens with two attached hydrogens (primary N) is 1. The zero-order valence-electron chi connectivity index (χ0n) is 5.61. The summed E-state index contributed by atoms with van der Waals surface area (Å²) in [6, 6.07) is 5.84. The molecule has 2 N–H and O–H groups in total. The van der Waals surface area contributed by atoms with Gasteiger partial charge in [-0.25, -0.2) is 4.98 Å². The van der Waals surface area contributed by atoms with Gasteiger partial charge in [-0.1, -0.05) is 17.4 Å².